The Hall–Kier alpha value is -5.21. The summed E-state index contributed by atoms with van der Waals surface area (Å²) in [6.45, 7) is 0.482. The van der Waals surface area contributed by atoms with E-state index in [9.17, 15) is 19.5 Å². The minimum absolute atomic E-state index is 0.201. The van der Waals surface area contributed by atoms with E-state index in [-0.39, 0.29) is 5.91 Å². The molecule has 0 aliphatic rings. The standard InChI is InChI=1S/C37H31BrN2O5/c38-33-23-30(35(41)39-22-21-25-11-13-27(14-12-25)26-7-3-1-4-8-26)16-15-29(33)24-34(40-36(42)37(43)44)28-17-19-32(20-18-28)45-31-9-5-2-6-10-31/h1-20,23,34H,21-22,24H2,(H,39,41)(H,40,42)(H,43,44). The quantitative estimate of drug-likeness (QED) is 0.128. The summed E-state index contributed by atoms with van der Waals surface area (Å²) in [6, 6.07) is 39.5. The van der Waals surface area contributed by atoms with Crippen LogP contribution in [0.5, 0.6) is 11.5 Å². The van der Waals surface area contributed by atoms with Crippen molar-refractivity contribution in [2.45, 2.75) is 18.9 Å². The zero-order valence-corrected chi connectivity index (χ0v) is 25.9. The van der Waals surface area contributed by atoms with Crippen LogP contribution in [-0.4, -0.2) is 29.4 Å². The molecular formula is C37H31BrN2O5. The third-order valence-electron chi connectivity index (χ3n) is 7.26. The second-order valence-electron chi connectivity index (χ2n) is 10.4. The van der Waals surface area contributed by atoms with Crippen molar-refractivity contribution in [2.75, 3.05) is 6.54 Å². The molecule has 1 atom stereocenters. The van der Waals surface area contributed by atoms with E-state index in [0.29, 0.717) is 46.5 Å². The van der Waals surface area contributed by atoms with Gasteiger partial charge in [0.1, 0.15) is 11.5 Å². The molecule has 2 amide bonds. The SMILES string of the molecule is O=C(O)C(=O)NC(Cc1ccc(C(=O)NCCc2ccc(-c3ccccc3)cc2)cc1Br)c1ccc(Oc2ccccc2)cc1. The molecule has 226 valence electrons. The predicted molar refractivity (Wildman–Crippen MR) is 177 cm³/mol. The molecule has 0 bridgehead atoms. The summed E-state index contributed by atoms with van der Waals surface area (Å²) in [7, 11) is 0. The molecule has 1 unspecified atom stereocenters. The smallest absolute Gasteiger partial charge is 0.394 e. The molecule has 0 radical (unpaired) electrons. The Labute approximate surface area is 270 Å². The topological polar surface area (TPSA) is 105 Å². The lowest BCUT2D eigenvalue weighted by atomic mass is 9.97. The van der Waals surface area contributed by atoms with Gasteiger partial charge in [0, 0.05) is 16.6 Å². The van der Waals surface area contributed by atoms with Gasteiger partial charge in [-0.3, -0.25) is 9.59 Å². The van der Waals surface area contributed by atoms with Crippen LogP contribution in [0.3, 0.4) is 0 Å². The van der Waals surface area contributed by atoms with Crippen molar-refractivity contribution in [2.24, 2.45) is 0 Å². The third kappa shape index (κ3) is 8.68. The first-order chi connectivity index (χ1) is 21.9. The van der Waals surface area contributed by atoms with Gasteiger partial charge >= 0.3 is 11.9 Å². The molecule has 0 fully saturated rings. The lowest BCUT2D eigenvalue weighted by molar-refractivity contribution is -0.150. The summed E-state index contributed by atoms with van der Waals surface area (Å²) in [6.07, 6.45) is 0.986. The number of rotatable bonds is 11. The summed E-state index contributed by atoms with van der Waals surface area (Å²) < 4.78 is 6.52. The minimum atomic E-state index is -1.57. The lowest BCUT2D eigenvalue weighted by Crippen LogP contribution is -2.35. The van der Waals surface area contributed by atoms with Crippen molar-refractivity contribution in [3.05, 3.63) is 154 Å². The van der Waals surface area contributed by atoms with E-state index in [2.05, 4.69) is 63.0 Å². The first kappa shape index (κ1) is 31.2. The van der Waals surface area contributed by atoms with Crippen LogP contribution in [-0.2, 0) is 22.4 Å². The Morgan fingerprint density at radius 3 is 2.00 bits per heavy atom. The van der Waals surface area contributed by atoms with Gasteiger partial charge in [-0.05, 0) is 77.1 Å². The van der Waals surface area contributed by atoms with Crippen LogP contribution < -0.4 is 15.4 Å². The Morgan fingerprint density at radius 1 is 0.733 bits per heavy atom. The summed E-state index contributed by atoms with van der Waals surface area (Å²) in [5.41, 5.74) is 5.42. The molecule has 45 heavy (non-hydrogen) atoms. The highest BCUT2D eigenvalue weighted by Gasteiger charge is 2.21. The van der Waals surface area contributed by atoms with Gasteiger partial charge in [0.2, 0.25) is 0 Å². The number of aliphatic carboxylic acids is 1. The second-order valence-corrected chi connectivity index (χ2v) is 11.2. The number of amides is 2. The number of hydrogen-bond donors (Lipinski definition) is 3. The van der Waals surface area contributed by atoms with Gasteiger partial charge in [-0.25, -0.2) is 4.79 Å². The molecule has 0 saturated heterocycles. The van der Waals surface area contributed by atoms with E-state index in [1.807, 2.05) is 48.5 Å². The molecule has 0 aromatic heterocycles. The first-order valence-corrected chi connectivity index (χ1v) is 15.2. The van der Waals surface area contributed by atoms with Crippen LogP contribution in [0.15, 0.2) is 132 Å². The summed E-state index contributed by atoms with van der Waals surface area (Å²) in [4.78, 5) is 36.4. The average Bonchev–Trinajstić information content (AvgIpc) is 3.06. The van der Waals surface area contributed by atoms with Crippen LogP contribution >= 0.6 is 15.9 Å². The third-order valence-corrected chi connectivity index (χ3v) is 8.00. The van der Waals surface area contributed by atoms with Crippen molar-refractivity contribution in [1.29, 1.82) is 0 Å². The number of carboxylic acid groups (broad SMARTS) is 1. The van der Waals surface area contributed by atoms with E-state index >= 15 is 0 Å². The summed E-state index contributed by atoms with van der Waals surface area (Å²) in [5.74, 6) is -1.58. The first-order valence-electron chi connectivity index (χ1n) is 14.4. The van der Waals surface area contributed by atoms with Crippen molar-refractivity contribution < 1.29 is 24.2 Å². The van der Waals surface area contributed by atoms with E-state index in [1.165, 1.54) is 0 Å². The van der Waals surface area contributed by atoms with Crippen molar-refractivity contribution >= 4 is 33.7 Å². The maximum atomic E-state index is 12.9. The fourth-order valence-corrected chi connectivity index (χ4v) is 5.40. The van der Waals surface area contributed by atoms with Gasteiger partial charge in [0.15, 0.2) is 0 Å². The highest BCUT2D eigenvalue weighted by Crippen LogP contribution is 2.28. The number of carboxylic acids is 1. The number of carbonyl (C=O) groups excluding carboxylic acids is 2. The monoisotopic (exact) mass is 662 g/mol. The van der Waals surface area contributed by atoms with E-state index < -0.39 is 17.9 Å². The fourth-order valence-electron chi connectivity index (χ4n) is 4.86. The normalized spacial score (nSPS) is 11.3. The predicted octanol–water partition coefficient (Wildman–Crippen LogP) is 7.37. The molecule has 8 heteroatoms. The molecule has 0 heterocycles. The van der Waals surface area contributed by atoms with Gasteiger partial charge < -0.3 is 20.5 Å². The number of carbonyl (C=O) groups is 3. The van der Waals surface area contributed by atoms with Crippen LogP contribution in [0.1, 0.15) is 33.1 Å². The molecule has 5 rings (SSSR count). The molecule has 0 aliphatic carbocycles. The minimum Gasteiger partial charge on any atom is -0.474 e. The highest BCUT2D eigenvalue weighted by atomic mass is 79.9. The number of para-hydroxylation sites is 1. The van der Waals surface area contributed by atoms with Gasteiger partial charge in [-0.2, -0.15) is 0 Å². The van der Waals surface area contributed by atoms with Crippen LogP contribution in [0, 0.1) is 0 Å². The molecule has 0 spiro atoms. The van der Waals surface area contributed by atoms with Gasteiger partial charge in [0.25, 0.3) is 5.91 Å². The van der Waals surface area contributed by atoms with Crippen LogP contribution in [0.25, 0.3) is 11.1 Å². The molecule has 5 aromatic carbocycles. The molecule has 7 nitrogen and oxygen atoms in total. The Bertz CT molecular complexity index is 1760. The van der Waals surface area contributed by atoms with Crippen LogP contribution in [0.2, 0.25) is 0 Å². The van der Waals surface area contributed by atoms with E-state index in [1.54, 1.807) is 42.5 Å². The van der Waals surface area contributed by atoms with Gasteiger partial charge in [-0.15, -0.1) is 0 Å². The van der Waals surface area contributed by atoms with Crippen LogP contribution in [0.4, 0.5) is 0 Å². The molecule has 3 N–H and O–H groups in total. The Morgan fingerprint density at radius 2 is 1.36 bits per heavy atom. The molecule has 5 aromatic rings. The summed E-state index contributed by atoms with van der Waals surface area (Å²) >= 11 is 3.56. The maximum Gasteiger partial charge on any atom is 0.394 e. The van der Waals surface area contributed by atoms with Gasteiger partial charge in [-0.1, -0.05) is 107 Å². The number of benzene rings is 5. The van der Waals surface area contributed by atoms with E-state index in [0.717, 1.165) is 22.3 Å². The van der Waals surface area contributed by atoms with Gasteiger partial charge in [0.05, 0.1) is 6.04 Å². The second kappa shape index (κ2) is 15.0. The van der Waals surface area contributed by atoms with Crippen molar-refractivity contribution in [3.63, 3.8) is 0 Å². The molecule has 0 aliphatic heterocycles. The number of nitrogens with one attached hydrogen (secondary N) is 2. The zero-order chi connectivity index (χ0) is 31.6. The average molecular weight is 664 g/mol. The van der Waals surface area contributed by atoms with Crippen molar-refractivity contribution in [3.8, 4) is 22.6 Å². The highest BCUT2D eigenvalue weighted by molar-refractivity contribution is 9.10. The lowest BCUT2D eigenvalue weighted by Gasteiger charge is -2.20. The molecule has 0 saturated carbocycles. The number of halogens is 1. The number of ether oxygens (including phenoxy) is 1. The Balaban J connectivity index is 1.21. The molecular weight excluding hydrogens is 632 g/mol. The van der Waals surface area contributed by atoms with E-state index in [4.69, 9.17) is 4.74 Å². The maximum absolute atomic E-state index is 12.9. The summed E-state index contributed by atoms with van der Waals surface area (Å²) in [5, 5.41) is 14.8. The zero-order valence-electron chi connectivity index (χ0n) is 24.3. The number of hydrogen-bond acceptors (Lipinski definition) is 4. The van der Waals surface area contributed by atoms with Crippen molar-refractivity contribution in [1.82, 2.24) is 10.6 Å². The fraction of sp³-hybridized carbons (Fsp3) is 0.108. The Kier molecular flexibility index (Phi) is 10.4. The largest absolute Gasteiger partial charge is 0.474 e.